The Hall–Kier alpha value is -5.40. The molecule has 3 N–H and O–H groups in total. The highest BCUT2D eigenvalue weighted by Crippen LogP contribution is 2.48. The molecule has 1 saturated heterocycles. The molecule has 4 heterocycles. The molecular weight excluding hydrogens is 848 g/mol. The Kier molecular flexibility index (Phi) is 12.0. The molecule has 4 amide bonds. The molecule has 2 aliphatic carbocycles. The SMILES string of the molecule is CC[C@@H]1C[C@H](C)CC/C=C\[C@@H]2C[C@@]2(C(=O)NS(=O)(=O)C2(C)CC2)NC(=O)[C@@H]2C[C@@H](Oc3cc(-n4ccnc4)c4ccc(OC)cc4n3)CN2C(=O)[C@H]1N(C(=O)O)C(C)(C)C(F)(F)F. The summed E-state index contributed by atoms with van der Waals surface area (Å²) in [6.45, 7) is 6.09. The number of pyridine rings is 1. The van der Waals surface area contributed by atoms with Crippen LogP contribution in [0.5, 0.6) is 11.6 Å². The standard InChI is InChI=1S/C43H54F3N7O9S/c1-7-26-18-25(2)10-8-9-11-27-22-42(27,38(56)50-63(59,60)41(5)14-15-41)49-36(54)33-20-29(23-52(33)37(55)35(26)53(39(57)58)40(3,4)43(44,45)46)62-34-21-32(51-17-16-47-24-51)30-13-12-28(61-6)19-31(30)48-34/h9,11-13,16-17,19,21,24-27,29,33,35H,7-8,10,14-15,18,20,22-23H2,1-6H3,(H,49,54)(H,50,56)(H,57,58)/b11-9-/t25-,26-,27-,29-,33+,35+,42-/m1/s1. The molecular formula is C43H54F3N7O9S. The maximum absolute atomic E-state index is 15.3. The van der Waals surface area contributed by atoms with E-state index in [0.717, 1.165) is 4.90 Å². The van der Waals surface area contributed by atoms with Crippen molar-refractivity contribution in [3.8, 4) is 17.3 Å². The highest BCUT2D eigenvalue weighted by Gasteiger charge is 2.64. The van der Waals surface area contributed by atoms with E-state index in [9.17, 15) is 41.1 Å². The number of sulfonamides is 1. The second-order valence-electron chi connectivity index (χ2n) is 18.1. The number of carbonyl (C=O) groups is 4. The van der Waals surface area contributed by atoms with Gasteiger partial charge in [0.15, 0.2) is 0 Å². The molecule has 4 aliphatic rings. The number of nitrogens with one attached hydrogen (secondary N) is 2. The van der Waals surface area contributed by atoms with E-state index in [1.54, 1.807) is 60.6 Å². The van der Waals surface area contributed by atoms with E-state index in [2.05, 4.69) is 15.0 Å². The number of amides is 4. The Labute approximate surface area is 363 Å². The summed E-state index contributed by atoms with van der Waals surface area (Å²) in [7, 11) is -2.64. The Bertz CT molecular complexity index is 2410. The number of ether oxygens (including phenoxy) is 2. The molecule has 7 rings (SSSR count). The van der Waals surface area contributed by atoms with Crippen molar-refractivity contribution in [3.05, 3.63) is 55.1 Å². The van der Waals surface area contributed by atoms with Crippen molar-refractivity contribution in [1.29, 1.82) is 0 Å². The zero-order valence-electron chi connectivity index (χ0n) is 36.0. The fraction of sp³-hybridized carbons (Fsp3) is 0.581. The predicted molar refractivity (Wildman–Crippen MR) is 223 cm³/mol. The molecule has 0 unspecified atom stereocenters. The van der Waals surface area contributed by atoms with Crippen molar-refractivity contribution in [1.82, 2.24) is 34.4 Å². The van der Waals surface area contributed by atoms with Gasteiger partial charge in [-0.05, 0) is 83.3 Å². The van der Waals surface area contributed by atoms with Crippen LogP contribution >= 0.6 is 0 Å². The number of benzene rings is 1. The van der Waals surface area contributed by atoms with E-state index in [4.69, 9.17) is 14.5 Å². The van der Waals surface area contributed by atoms with Gasteiger partial charge in [0, 0.05) is 42.3 Å². The predicted octanol–water partition coefficient (Wildman–Crippen LogP) is 5.74. The lowest BCUT2D eigenvalue weighted by molar-refractivity contribution is -0.222. The normalized spacial score (nSPS) is 28.1. The molecule has 0 radical (unpaired) electrons. The number of hydrogen-bond acceptors (Lipinski definition) is 10. The van der Waals surface area contributed by atoms with Crippen molar-refractivity contribution in [2.75, 3.05) is 13.7 Å². The number of alkyl halides is 3. The molecule has 16 nitrogen and oxygen atoms in total. The van der Waals surface area contributed by atoms with Crippen LogP contribution < -0.4 is 19.5 Å². The Morgan fingerprint density at radius 1 is 1.14 bits per heavy atom. The molecule has 20 heteroatoms. The van der Waals surface area contributed by atoms with E-state index >= 15 is 4.79 Å². The zero-order valence-corrected chi connectivity index (χ0v) is 36.8. The number of rotatable bonds is 10. The van der Waals surface area contributed by atoms with Gasteiger partial charge in [-0.15, -0.1) is 0 Å². The van der Waals surface area contributed by atoms with Gasteiger partial charge in [0.1, 0.15) is 35.0 Å². The van der Waals surface area contributed by atoms with Gasteiger partial charge in [0.25, 0.3) is 5.91 Å². The van der Waals surface area contributed by atoms with Crippen LogP contribution in [0.4, 0.5) is 18.0 Å². The van der Waals surface area contributed by atoms with Crippen LogP contribution in [0.15, 0.2) is 55.1 Å². The van der Waals surface area contributed by atoms with Gasteiger partial charge in [-0.3, -0.25) is 24.0 Å². The van der Waals surface area contributed by atoms with Gasteiger partial charge in [0.2, 0.25) is 27.7 Å². The van der Waals surface area contributed by atoms with Gasteiger partial charge in [0.05, 0.1) is 35.9 Å². The monoisotopic (exact) mass is 901 g/mol. The minimum absolute atomic E-state index is 0.0397. The van der Waals surface area contributed by atoms with Crippen LogP contribution in [0.3, 0.4) is 0 Å². The van der Waals surface area contributed by atoms with Gasteiger partial charge < -0.3 is 29.4 Å². The minimum atomic E-state index is -5.11. The summed E-state index contributed by atoms with van der Waals surface area (Å²) >= 11 is 0. The molecule has 7 atom stereocenters. The molecule has 63 heavy (non-hydrogen) atoms. The Balaban J connectivity index is 1.32. The van der Waals surface area contributed by atoms with E-state index in [-0.39, 0.29) is 48.9 Å². The minimum Gasteiger partial charge on any atom is -0.497 e. The first-order valence-corrected chi connectivity index (χ1v) is 22.6. The van der Waals surface area contributed by atoms with Crippen molar-refractivity contribution in [3.63, 3.8) is 0 Å². The summed E-state index contributed by atoms with van der Waals surface area (Å²) < 4.78 is 85.9. The Morgan fingerprint density at radius 2 is 1.87 bits per heavy atom. The lowest BCUT2D eigenvalue weighted by atomic mass is 9.82. The zero-order chi connectivity index (χ0) is 45.9. The number of hydrogen-bond donors (Lipinski definition) is 3. The summed E-state index contributed by atoms with van der Waals surface area (Å²) in [6, 6.07) is 3.47. The van der Waals surface area contributed by atoms with Crippen LogP contribution in [0.2, 0.25) is 0 Å². The molecule has 342 valence electrons. The third-order valence-corrected chi connectivity index (χ3v) is 15.5. The fourth-order valence-electron chi connectivity index (χ4n) is 8.91. The van der Waals surface area contributed by atoms with E-state index in [0.29, 0.717) is 61.9 Å². The van der Waals surface area contributed by atoms with Crippen molar-refractivity contribution >= 4 is 44.7 Å². The summed E-state index contributed by atoms with van der Waals surface area (Å²) in [4.78, 5) is 67.3. The number of halogens is 3. The summed E-state index contributed by atoms with van der Waals surface area (Å²) in [5.41, 5.74) is -3.72. The average molecular weight is 902 g/mol. The third-order valence-electron chi connectivity index (χ3n) is 13.4. The highest BCUT2D eigenvalue weighted by molar-refractivity contribution is 7.91. The second-order valence-corrected chi connectivity index (χ2v) is 20.3. The highest BCUT2D eigenvalue weighted by atomic mass is 32.2. The van der Waals surface area contributed by atoms with E-state index in [1.807, 2.05) is 13.0 Å². The first-order chi connectivity index (χ1) is 29.6. The number of methoxy groups -OCH3 is 1. The quantitative estimate of drug-likeness (QED) is 0.210. The number of nitrogens with zero attached hydrogens (tertiary/aromatic N) is 5. The van der Waals surface area contributed by atoms with Gasteiger partial charge in [-0.2, -0.15) is 13.2 Å². The topological polar surface area (TPSA) is 202 Å². The van der Waals surface area contributed by atoms with Gasteiger partial charge >= 0.3 is 12.3 Å². The number of aromatic nitrogens is 3. The van der Waals surface area contributed by atoms with Crippen LogP contribution in [0.1, 0.15) is 86.0 Å². The number of fused-ring (bicyclic) bond motifs is 3. The number of carboxylic acid groups (broad SMARTS) is 1. The Morgan fingerprint density at radius 3 is 2.49 bits per heavy atom. The lowest BCUT2D eigenvalue weighted by Crippen LogP contribution is -2.66. The molecule has 3 fully saturated rings. The van der Waals surface area contributed by atoms with Crippen LogP contribution in [-0.4, -0.2) is 116 Å². The van der Waals surface area contributed by atoms with Crippen LogP contribution in [0.25, 0.3) is 16.6 Å². The van der Waals surface area contributed by atoms with Gasteiger partial charge in [-0.25, -0.2) is 23.2 Å². The summed E-state index contributed by atoms with van der Waals surface area (Å²) in [5, 5.41) is 14.1. The maximum atomic E-state index is 15.3. The van der Waals surface area contributed by atoms with Crippen molar-refractivity contribution in [2.45, 2.75) is 126 Å². The first kappa shape index (κ1) is 45.6. The molecule has 2 aromatic heterocycles. The number of allylic oxidation sites excluding steroid dienone is 1. The second kappa shape index (κ2) is 16.6. The molecule has 0 spiro atoms. The largest absolute Gasteiger partial charge is 0.497 e. The maximum Gasteiger partial charge on any atom is 0.411 e. The summed E-state index contributed by atoms with van der Waals surface area (Å²) in [6.07, 6.45) is 2.06. The van der Waals surface area contributed by atoms with Crippen LogP contribution in [-0.2, 0) is 24.4 Å². The summed E-state index contributed by atoms with van der Waals surface area (Å²) in [5.74, 6) is -4.06. The first-order valence-electron chi connectivity index (χ1n) is 21.1. The smallest absolute Gasteiger partial charge is 0.411 e. The van der Waals surface area contributed by atoms with Crippen molar-refractivity contribution < 1.29 is 55.3 Å². The third kappa shape index (κ3) is 8.66. The van der Waals surface area contributed by atoms with E-state index < -0.39 is 85.9 Å². The van der Waals surface area contributed by atoms with Crippen molar-refractivity contribution in [2.24, 2.45) is 17.8 Å². The average Bonchev–Trinajstić information content (AvgIpc) is 3.97. The lowest BCUT2D eigenvalue weighted by Gasteiger charge is -2.46. The molecule has 2 saturated carbocycles. The molecule has 3 aromatic rings. The van der Waals surface area contributed by atoms with Gasteiger partial charge in [-0.1, -0.05) is 32.4 Å². The molecule has 2 aliphatic heterocycles. The molecule has 0 bridgehead atoms. The van der Waals surface area contributed by atoms with Crippen LogP contribution in [0, 0.1) is 17.8 Å². The number of imidazole rings is 1. The van der Waals surface area contributed by atoms with E-state index in [1.165, 1.54) is 14.0 Å². The fourth-order valence-corrected chi connectivity index (χ4v) is 10.2. The molecule has 1 aromatic carbocycles. The number of carbonyl (C=O) groups excluding carboxylic acids is 3.